The quantitative estimate of drug-likeness (QED) is 0.481. The minimum atomic E-state index is -4.27. The van der Waals surface area contributed by atoms with E-state index in [0.29, 0.717) is 11.3 Å². The fraction of sp³-hybridized carbons (Fsp3) is 0.182. The number of phenols is 1. The second-order valence-corrected chi connectivity index (χ2v) is 9.20. The number of nitrogens with zero attached hydrogens (tertiary/aromatic N) is 3. The molecule has 7 nitrogen and oxygen atoms in total. The van der Waals surface area contributed by atoms with E-state index in [-0.39, 0.29) is 10.6 Å². The minimum Gasteiger partial charge on any atom is -0.505 e. The number of hydrogen-bond acceptors (Lipinski definition) is 5. The summed E-state index contributed by atoms with van der Waals surface area (Å²) in [5, 5.41) is 20.1. The summed E-state index contributed by atoms with van der Waals surface area (Å²) in [6.45, 7) is 5.79. The molecule has 0 atom stereocenters. The third kappa shape index (κ3) is 3.44. The molecule has 8 heteroatoms. The van der Waals surface area contributed by atoms with E-state index in [4.69, 9.17) is 0 Å². The highest BCUT2D eigenvalue weighted by molar-refractivity contribution is 7.85. The van der Waals surface area contributed by atoms with Crippen molar-refractivity contribution >= 4 is 21.2 Å². The van der Waals surface area contributed by atoms with Crippen molar-refractivity contribution in [2.45, 2.75) is 31.1 Å². The molecule has 30 heavy (non-hydrogen) atoms. The van der Waals surface area contributed by atoms with Gasteiger partial charge in [0.25, 0.3) is 10.1 Å². The number of aromatic nitrogens is 3. The zero-order valence-electron chi connectivity index (χ0n) is 16.7. The molecule has 2 N–H and O–H groups in total. The molecule has 1 aromatic heterocycles. The molecule has 0 aliphatic carbocycles. The lowest BCUT2D eigenvalue weighted by atomic mass is 9.77. The van der Waals surface area contributed by atoms with Crippen LogP contribution < -0.4 is 0 Å². The first kappa shape index (κ1) is 20.1. The molecule has 0 bridgehead atoms. The Balaban J connectivity index is 1.84. The third-order valence-corrected chi connectivity index (χ3v) is 6.15. The van der Waals surface area contributed by atoms with Crippen LogP contribution in [-0.4, -0.2) is 33.1 Å². The van der Waals surface area contributed by atoms with Gasteiger partial charge in [-0.2, -0.15) is 8.42 Å². The van der Waals surface area contributed by atoms with Crippen LogP contribution in [0.1, 0.15) is 30.5 Å². The fourth-order valence-electron chi connectivity index (χ4n) is 3.56. The Morgan fingerprint density at radius 2 is 1.50 bits per heavy atom. The highest BCUT2D eigenvalue weighted by Crippen LogP contribution is 2.40. The van der Waals surface area contributed by atoms with Crippen LogP contribution in [0.25, 0.3) is 16.7 Å². The average Bonchev–Trinajstić information content (AvgIpc) is 3.12. The summed E-state index contributed by atoms with van der Waals surface area (Å²) in [5.41, 5.74) is 3.60. The summed E-state index contributed by atoms with van der Waals surface area (Å²) in [4.78, 5) is 1.25. The third-order valence-electron chi connectivity index (χ3n) is 5.28. The first-order chi connectivity index (χ1) is 14.1. The van der Waals surface area contributed by atoms with Crippen LogP contribution >= 0.6 is 0 Å². The molecule has 4 rings (SSSR count). The molecule has 0 amide bonds. The Morgan fingerprint density at radius 3 is 2.03 bits per heavy atom. The van der Waals surface area contributed by atoms with Gasteiger partial charge in [0.2, 0.25) is 0 Å². The highest BCUT2D eigenvalue weighted by atomic mass is 32.2. The van der Waals surface area contributed by atoms with E-state index >= 15 is 0 Å². The molecule has 0 radical (unpaired) electrons. The zero-order valence-corrected chi connectivity index (χ0v) is 17.6. The molecule has 0 fully saturated rings. The van der Waals surface area contributed by atoms with Crippen molar-refractivity contribution in [1.29, 1.82) is 0 Å². The molecule has 4 aromatic rings. The zero-order chi connectivity index (χ0) is 21.7. The first-order valence-corrected chi connectivity index (χ1v) is 10.8. The van der Waals surface area contributed by atoms with Crippen molar-refractivity contribution in [3.63, 3.8) is 0 Å². The summed E-state index contributed by atoms with van der Waals surface area (Å²) in [6, 6.07) is 17.1. The largest absolute Gasteiger partial charge is 0.505 e. The molecule has 0 spiro atoms. The molecule has 0 aliphatic heterocycles. The maximum Gasteiger partial charge on any atom is 0.294 e. The summed E-state index contributed by atoms with van der Waals surface area (Å²) >= 11 is 0. The van der Waals surface area contributed by atoms with Crippen molar-refractivity contribution in [3.8, 4) is 11.4 Å². The molecule has 0 saturated heterocycles. The Labute approximate surface area is 174 Å². The van der Waals surface area contributed by atoms with Crippen LogP contribution in [-0.2, 0) is 15.5 Å². The van der Waals surface area contributed by atoms with Crippen molar-refractivity contribution in [2.75, 3.05) is 0 Å². The number of rotatable bonds is 4. The van der Waals surface area contributed by atoms with Crippen molar-refractivity contribution in [3.05, 3.63) is 77.4 Å². The van der Waals surface area contributed by atoms with Crippen LogP contribution in [0, 0.1) is 6.92 Å². The SMILES string of the molecule is Cc1cc(-n2nc3ccccc3n2)c(O)c(C(C)(C)c2ccc(S(=O)(=O)O)cc2)c1. The molecule has 0 aliphatic rings. The average molecular weight is 423 g/mol. The summed E-state index contributed by atoms with van der Waals surface area (Å²) in [7, 11) is -4.27. The van der Waals surface area contributed by atoms with Crippen LogP contribution in [0.5, 0.6) is 5.75 Å². The van der Waals surface area contributed by atoms with Crippen LogP contribution in [0.15, 0.2) is 65.6 Å². The molecule has 0 unspecified atom stereocenters. The van der Waals surface area contributed by atoms with E-state index < -0.39 is 15.5 Å². The van der Waals surface area contributed by atoms with Gasteiger partial charge in [-0.15, -0.1) is 15.0 Å². The van der Waals surface area contributed by atoms with Crippen molar-refractivity contribution in [2.24, 2.45) is 0 Å². The van der Waals surface area contributed by atoms with Crippen LogP contribution in [0.3, 0.4) is 0 Å². The Hall–Kier alpha value is -3.23. The summed E-state index contributed by atoms with van der Waals surface area (Å²) in [5.74, 6) is 0.0461. The van der Waals surface area contributed by atoms with Crippen molar-refractivity contribution in [1.82, 2.24) is 15.0 Å². The summed E-state index contributed by atoms with van der Waals surface area (Å²) < 4.78 is 31.9. The smallest absolute Gasteiger partial charge is 0.294 e. The number of aryl methyl sites for hydroxylation is 1. The maximum absolute atomic E-state index is 11.3. The predicted molar refractivity (Wildman–Crippen MR) is 114 cm³/mol. The van der Waals surface area contributed by atoms with E-state index in [9.17, 15) is 18.1 Å². The summed E-state index contributed by atoms with van der Waals surface area (Å²) in [6.07, 6.45) is 0. The number of aromatic hydroxyl groups is 1. The van der Waals surface area contributed by atoms with Gasteiger partial charge < -0.3 is 5.11 Å². The second-order valence-electron chi connectivity index (χ2n) is 7.78. The Morgan fingerprint density at radius 1 is 0.933 bits per heavy atom. The fourth-order valence-corrected chi connectivity index (χ4v) is 4.04. The lowest BCUT2D eigenvalue weighted by Gasteiger charge is -2.28. The Kier molecular flexibility index (Phi) is 4.63. The van der Waals surface area contributed by atoms with Gasteiger partial charge in [0.15, 0.2) is 0 Å². The second kappa shape index (κ2) is 6.93. The van der Waals surface area contributed by atoms with E-state index in [1.807, 2.05) is 57.2 Å². The van der Waals surface area contributed by atoms with Crippen LogP contribution in [0.4, 0.5) is 0 Å². The first-order valence-electron chi connectivity index (χ1n) is 9.32. The van der Waals surface area contributed by atoms with E-state index in [2.05, 4.69) is 10.2 Å². The van der Waals surface area contributed by atoms with Crippen LogP contribution in [0.2, 0.25) is 0 Å². The van der Waals surface area contributed by atoms with Gasteiger partial charge in [0, 0.05) is 11.0 Å². The molecule has 3 aromatic carbocycles. The van der Waals surface area contributed by atoms with Gasteiger partial charge in [-0.1, -0.05) is 44.2 Å². The lowest BCUT2D eigenvalue weighted by molar-refractivity contribution is 0.446. The topological polar surface area (TPSA) is 105 Å². The highest BCUT2D eigenvalue weighted by Gasteiger charge is 2.29. The number of phenolic OH excluding ortho intramolecular Hbond substituents is 1. The molecule has 0 saturated carbocycles. The van der Waals surface area contributed by atoms with Gasteiger partial charge in [-0.25, -0.2) is 0 Å². The standard InChI is InChI=1S/C22H21N3O4S/c1-14-12-17(22(2,3)15-8-10-16(11-9-15)30(27,28)29)21(26)20(13-14)25-23-18-6-4-5-7-19(18)24-25/h4-13,26H,1-3H3,(H,27,28,29). The Bertz CT molecular complexity index is 1320. The molecular formula is C22H21N3O4S. The van der Waals surface area contributed by atoms with Gasteiger partial charge in [0.05, 0.1) is 4.90 Å². The van der Waals surface area contributed by atoms with Gasteiger partial charge >= 0.3 is 0 Å². The normalized spacial score (nSPS) is 12.4. The van der Waals surface area contributed by atoms with Crippen molar-refractivity contribution < 1.29 is 18.1 Å². The van der Waals surface area contributed by atoms with Gasteiger partial charge in [0.1, 0.15) is 22.5 Å². The van der Waals surface area contributed by atoms with E-state index in [1.165, 1.54) is 16.9 Å². The number of fused-ring (bicyclic) bond motifs is 1. The molecular weight excluding hydrogens is 402 g/mol. The monoisotopic (exact) mass is 423 g/mol. The van der Waals surface area contributed by atoms with E-state index in [1.54, 1.807) is 12.1 Å². The van der Waals surface area contributed by atoms with E-state index in [0.717, 1.165) is 22.2 Å². The van der Waals surface area contributed by atoms with Gasteiger partial charge in [-0.3, -0.25) is 4.55 Å². The lowest BCUT2D eigenvalue weighted by Crippen LogP contribution is -2.20. The molecule has 1 heterocycles. The minimum absolute atomic E-state index is 0.0461. The molecule has 154 valence electrons. The predicted octanol–water partition coefficient (Wildman–Crippen LogP) is 4.01. The number of benzene rings is 3. The maximum atomic E-state index is 11.3. The number of hydrogen-bond donors (Lipinski definition) is 2. The van der Waals surface area contributed by atoms with Gasteiger partial charge in [-0.05, 0) is 48.4 Å².